The Morgan fingerprint density at radius 3 is 1.90 bits per heavy atom. The molecule has 0 amide bonds. The van der Waals surface area contributed by atoms with Crippen LogP contribution in [0.3, 0.4) is 0 Å². The van der Waals surface area contributed by atoms with E-state index in [0.29, 0.717) is 0 Å². The molecule has 0 unspecified atom stereocenters. The second-order valence-electron chi connectivity index (χ2n) is 6.32. The molecule has 0 fully saturated rings. The standard InChI is InChI=1S/C12H25NO6S2/c1-9(2)10(11(14)19-12(3,4)5)13-21(17,18)8-7-20(6,15)16/h9-10,13H,7-8H2,1-6H3/t10-/m1/s1. The van der Waals surface area contributed by atoms with Crippen molar-refractivity contribution in [2.24, 2.45) is 5.92 Å². The van der Waals surface area contributed by atoms with E-state index in [1.807, 2.05) is 0 Å². The fraction of sp³-hybridized carbons (Fsp3) is 0.917. The van der Waals surface area contributed by atoms with Gasteiger partial charge >= 0.3 is 5.97 Å². The Balaban J connectivity index is 4.97. The summed E-state index contributed by atoms with van der Waals surface area (Å²) in [5, 5.41) is 0. The molecule has 1 N–H and O–H groups in total. The zero-order chi connectivity index (χ0) is 17.1. The van der Waals surface area contributed by atoms with Gasteiger partial charge in [-0.25, -0.2) is 21.6 Å². The maximum absolute atomic E-state index is 12.0. The third kappa shape index (κ3) is 9.81. The second-order valence-corrected chi connectivity index (χ2v) is 10.5. The molecule has 0 saturated carbocycles. The van der Waals surface area contributed by atoms with E-state index in [0.717, 1.165) is 6.26 Å². The van der Waals surface area contributed by atoms with Gasteiger partial charge in [0.2, 0.25) is 10.0 Å². The minimum atomic E-state index is -3.89. The number of esters is 1. The van der Waals surface area contributed by atoms with Gasteiger partial charge in [-0.2, -0.15) is 0 Å². The lowest BCUT2D eigenvalue weighted by molar-refractivity contribution is -0.158. The van der Waals surface area contributed by atoms with Crippen molar-refractivity contribution in [3.05, 3.63) is 0 Å². The molecular formula is C12H25NO6S2. The first-order chi connectivity index (χ1) is 9.13. The number of sulfonamides is 1. The average molecular weight is 343 g/mol. The number of nitrogens with one attached hydrogen (secondary N) is 1. The summed E-state index contributed by atoms with van der Waals surface area (Å²) in [6.45, 7) is 8.39. The van der Waals surface area contributed by atoms with Gasteiger partial charge in [-0.15, -0.1) is 0 Å². The van der Waals surface area contributed by atoms with Crippen molar-refractivity contribution in [1.29, 1.82) is 0 Å². The number of hydrogen-bond acceptors (Lipinski definition) is 6. The predicted octanol–water partition coefficient (Wildman–Crippen LogP) is 0.317. The molecule has 0 bridgehead atoms. The number of hydrogen-bond donors (Lipinski definition) is 1. The Hall–Kier alpha value is -0.670. The Bertz CT molecular complexity index is 557. The van der Waals surface area contributed by atoms with Crippen molar-refractivity contribution in [3.8, 4) is 0 Å². The molecule has 1 atom stereocenters. The summed E-state index contributed by atoms with van der Waals surface area (Å²) >= 11 is 0. The van der Waals surface area contributed by atoms with E-state index in [1.54, 1.807) is 34.6 Å². The van der Waals surface area contributed by atoms with Crippen molar-refractivity contribution < 1.29 is 26.4 Å². The highest BCUT2D eigenvalue weighted by atomic mass is 32.2. The number of rotatable bonds is 7. The van der Waals surface area contributed by atoms with Gasteiger partial charge in [-0.3, -0.25) is 4.79 Å². The van der Waals surface area contributed by atoms with Gasteiger partial charge in [-0.05, 0) is 26.7 Å². The highest BCUT2D eigenvalue weighted by Crippen LogP contribution is 2.13. The maximum Gasteiger partial charge on any atom is 0.324 e. The van der Waals surface area contributed by atoms with Crippen LogP contribution in [-0.4, -0.2) is 52.2 Å². The average Bonchev–Trinajstić information content (AvgIpc) is 2.19. The van der Waals surface area contributed by atoms with Crippen LogP contribution in [0.4, 0.5) is 0 Å². The third-order valence-corrected chi connectivity index (χ3v) is 4.92. The van der Waals surface area contributed by atoms with Gasteiger partial charge in [-0.1, -0.05) is 13.8 Å². The van der Waals surface area contributed by atoms with Crippen LogP contribution in [0.1, 0.15) is 34.6 Å². The summed E-state index contributed by atoms with van der Waals surface area (Å²) in [6.07, 6.45) is 0.955. The molecule has 0 aliphatic rings. The van der Waals surface area contributed by atoms with E-state index in [-0.39, 0.29) is 5.92 Å². The van der Waals surface area contributed by atoms with Gasteiger partial charge in [0, 0.05) is 6.26 Å². The maximum atomic E-state index is 12.0. The summed E-state index contributed by atoms with van der Waals surface area (Å²) in [6, 6.07) is -1.05. The summed E-state index contributed by atoms with van der Waals surface area (Å²) in [5.74, 6) is -2.09. The van der Waals surface area contributed by atoms with Crippen molar-refractivity contribution >= 4 is 25.8 Å². The SMILES string of the molecule is CC(C)[C@@H](NS(=O)(=O)CCS(C)(=O)=O)C(=O)OC(C)(C)C. The van der Waals surface area contributed by atoms with Crippen LogP contribution in [0, 0.1) is 5.92 Å². The Kier molecular flexibility index (Phi) is 6.83. The molecule has 0 heterocycles. The van der Waals surface area contributed by atoms with Gasteiger partial charge in [0.25, 0.3) is 0 Å². The van der Waals surface area contributed by atoms with Crippen LogP contribution in [0.5, 0.6) is 0 Å². The highest BCUT2D eigenvalue weighted by molar-refractivity contribution is 7.93. The number of sulfone groups is 1. The number of carbonyl (C=O) groups is 1. The molecule has 0 aromatic carbocycles. The zero-order valence-corrected chi connectivity index (χ0v) is 15.0. The van der Waals surface area contributed by atoms with Crippen LogP contribution in [0.15, 0.2) is 0 Å². The van der Waals surface area contributed by atoms with Crippen LogP contribution in [-0.2, 0) is 29.4 Å². The molecule has 0 rings (SSSR count). The minimum Gasteiger partial charge on any atom is -0.459 e. The molecule has 126 valence electrons. The second kappa shape index (κ2) is 7.06. The fourth-order valence-corrected chi connectivity index (χ4v) is 4.30. The summed E-state index contributed by atoms with van der Waals surface area (Å²) in [5.41, 5.74) is -0.734. The van der Waals surface area contributed by atoms with E-state index in [4.69, 9.17) is 4.74 Å². The van der Waals surface area contributed by atoms with E-state index >= 15 is 0 Å². The highest BCUT2D eigenvalue weighted by Gasteiger charge is 2.31. The smallest absolute Gasteiger partial charge is 0.324 e. The van der Waals surface area contributed by atoms with Gasteiger partial charge in [0.05, 0.1) is 11.5 Å². The van der Waals surface area contributed by atoms with Gasteiger partial charge < -0.3 is 4.74 Å². The third-order valence-electron chi connectivity index (χ3n) is 2.36. The number of carbonyl (C=O) groups excluding carboxylic acids is 1. The zero-order valence-electron chi connectivity index (χ0n) is 13.3. The molecule has 0 aromatic rings. The summed E-state index contributed by atoms with van der Waals surface area (Å²) in [4.78, 5) is 12.0. The van der Waals surface area contributed by atoms with Gasteiger partial charge in [0.15, 0.2) is 0 Å². The molecule has 7 nitrogen and oxygen atoms in total. The summed E-state index contributed by atoms with van der Waals surface area (Å²) < 4.78 is 53.2. The monoisotopic (exact) mass is 343 g/mol. The van der Waals surface area contributed by atoms with Crippen molar-refractivity contribution in [1.82, 2.24) is 4.72 Å². The fourth-order valence-electron chi connectivity index (χ4n) is 1.34. The van der Waals surface area contributed by atoms with Crippen LogP contribution in [0.25, 0.3) is 0 Å². The normalized spacial score (nSPS) is 15.0. The molecule has 0 saturated heterocycles. The predicted molar refractivity (Wildman–Crippen MR) is 81.1 cm³/mol. The lowest BCUT2D eigenvalue weighted by Crippen LogP contribution is -2.48. The van der Waals surface area contributed by atoms with E-state index in [1.165, 1.54) is 0 Å². The molecule has 0 aromatic heterocycles. The quantitative estimate of drug-likeness (QED) is 0.667. The molecule has 0 spiro atoms. The lowest BCUT2D eigenvalue weighted by Gasteiger charge is -2.26. The molecule has 21 heavy (non-hydrogen) atoms. The molecule has 0 aliphatic heterocycles. The largest absolute Gasteiger partial charge is 0.459 e. The Morgan fingerprint density at radius 2 is 1.57 bits per heavy atom. The van der Waals surface area contributed by atoms with Crippen LogP contribution >= 0.6 is 0 Å². The first-order valence-electron chi connectivity index (χ1n) is 6.53. The van der Waals surface area contributed by atoms with E-state index < -0.39 is 49.0 Å². The number of ether oxygens (including phenoxy) is 1. The summed E-state index contributed by atoms with van der Waals surface area (Å²) in [7, 11) is -7.29. The topological polar surface area (TPSA) is 107 Å². The van der Waals surface area contributed by atoms with E-state index in [9.17, 15) is 21.6 Å². The molecule has 9 heteroatoms. The van der Waals surface area contributed by atoms with Gasteiger partial charge in [0.1, 0.15) is 21.5 Å². The Labute approximate surface area is 127 Å². The minimum absolute atomic E-state index is 0.326. The molecule has 0 radical (unpaired) electrons. The van der Waals surface area contributed by atoms with Crippen LogP contribution in [0.2, 0.25) is 0 Å². The first kappa shape index (κ1) is 20.3. The van der Waals surface area contributed by atoms with Crippen molar-refractivity contribution in [2.45, 2.75) is 46.3 Å². The van der Waals surface area contributed by atoms with Crippen molar-refractivity contribution in [2.75, 3.05) is 17.8 Å². The van der Waals surface area contributed by atoms with E-state index in [2.05, 4.69) is 4.72 Å². The van der Waals surface area contributed by atoms with Crippen LogP contribution < -0.4 is 4.72 Å². The molecular weight excluding hydrogens is 318 g/mol. The van der Waals surface area contributed by atoms with Crippen molar-refractivity contribution in [3.63, 3.8) is 0 Å². The first-order valence-corrected chi connectivity index (χ1v) is 10.2. The molecule has 0 aliphatic carbocycles. The lowest BCUT2D eigenvalue weighted by atomic mass is 10.1. The Morgan fingerprint density at radius 1 is 1.10 bits per heavy atom.